The molecule has 3 rings (SSSR count). The molecule has 144 valence electrons. The minimum Gasteiger partial charge on any atom is -0.345 e. The van der Waals surface area contributed by atoms with Crippen LogP contribution in [0.2, 0.25) is 0 Å². The molecular weight excluding hydrogens is 361 g/mol. The fourth-order valence-electron chi connectivity index (χ4n) is 2.78. The zero-order valence-electron chi connectivity index (χ0n) is 15.3. The Morgan fingerprint density at radius 2 is 1.79 bits per heavy atom. The summed E-state index contributed by atoms with van der Waals surface area (Å²) in [6, 6.07) is 13.1. The molecule has 2 amide bonds. The largest absolute Gasteiger partial charge is 0.345 e. The summed E-state index contributed by atoms with van der Waals surface area (Å²) < 4.78 is 15.3. The number of hydrogen-bond donors (Lipinski definition) is 2. The molecule has 7 nitrogen and oxygen atoms in total. The molecule has 0 radical (unpaired) electrons. The van der Waals surface area contributed by atoms with Gasteiger partial charge in [-0.05, 0) is 36.6 Å². The number of anilines is 1. The maximum atomic E-state index is 13.7. The predicted octanol–water partition coefficient (Wildman–Crippen LogP) is 2.15. The van der Waals surface area contributed by atoms with Gasteiger partial charge >= 0.3 is 11.8 Å². The molecule has 0 saturated carbocycles. The second-order valence-corrected chi connectivity index (χ2v) is 6.37. The lowest BCUT2D eigenvalue weighted by atomic mass is 10.1. The summed E-state index contributed by atoms with van der Waals surface area (Å²) in [7, 11) is 0. The van der Waals surface area contributed by atoms with E-state index in [1.165, 1.54) is 12.4 Å². The van der Waals surface area contributed by atoms with Gasteiger partial charge in [0.2, 0.25) is 0 Å². The quantitative estimate of drug-likeness (QED) is 0.641. The van der Waals surface area contributed by atoms with E-state index in [0.29, 0.717) is 17.8 Å². The number of nitrogens with zero attached hydrogens (tertiary/aromatic N) is 3. The van der Waals surface area contributed by atoms with E-state index in [1.807, 2.05) is 12.1 Å². The van der Waals surface area contributed by atoms with Crippen LogP contribution in [0, 0.1) is 5.82 Å². The average molecular weight is 381 g/mol. The molecule has 3 aromatic rings. The first-order valence-corrected chi connectivity index (χ1v) is 8.78. The van der Waals surface area contributed by atoms with Crippen LogP contribution < -0.4 is 10.6 Å². The van der Waals surface area contributed by atoms with Crippen molar-refractivity contribution in [3.63, 3.8) is 0 Å². The lowest BCUT2D eigenvalue weighted by molar-refractivity contribution is -0.136. The van der Waals surface area contributed by atoms with E-state index in [-0.39, 0.29) is 12.2 Å². The van der Waals surface area contributed by atoms with Crippen molar-refractivity contribution in [2.24, 2.45) is 0 Å². The van der Waals surface area contributed by atoms with Crippen molar-refractivity contribution < 1.29 is 14.0 Å². The Kier molecular flexibility index (Phi) is 6.11. The Morgan fingerprint density at radius 3 is 2.50 bits per heavy atom. The van der Waals surface area contributed by atoms with Gasteiger partial charge in [-0.2, -0.15) is 5.10 Å². The molecule has 2 N–H and O–H groups in total. The van der Waals surface area contributed by atoms with Crippen molar-refractivity contribution in [3.8, 4) is 0 Å². The fourth-order valence-corrected chi connectivity index (χ4v) is 2.78. The van der Waals surface area contributed by atoms with E-state index in [2.05, 4.69) is 20.7 Å². The topological polar surface area (TPSA) is 88.9 Å². The number of halogens is 1. The van der Waals surface area contributed by atoms with Crippen LogP contribution in [0.3, 0.4) is 0 Å². The Bertz CT molecular complexity index is 959. The predicted molar refractivity (Wildman–Crippen MR) is 102 cm³/mol. The minimum atomic E-state index is -0.786. The normalized spacial score (nSPS) is 11.6. The van der Waals surface area contributed by atoms with Crippen molar-refractivity contribution in [1.29, 1.82) is 0 Å². The summed E-state index contributed by atoms with van der Waals surface area (Å²) >= 11 is 0. The van der Waals surface area contributed by atoms with Gasteiger partial charge in [-0.25, -0.2) is 14.1 Å². The third kappa shape index (κ3) is 5.00. The van der Waals surface area contributed by atoms with E-state index < -0.39 is 17.9 Å². The first kappa shape index (κ1) is 19.2. The molecule has 0 aliphatic rings. The van der Waals surface area contributed by atoms with Crippen LogP contribution in [0.25, 0.3) is 0 Å². The maximum Gasteiger partial charge on any atom is 0.313 e. The van der Waals surface area contributed by atoms with Gasteiger partial charge in [0.25, 0.3) is 0 Å². The van der Waals surface area contributed by atoms with Crippen LogP contribution in [0.4, 0.5) is 10.1 Å². The third-order valence-electron chi connectivity index (χ3n) is 4.13. The zero-order valence-corrected chi connectivity index (χ0v) is 15.3. The molecule has 0 fully saturated rings. The number of benzene rings is 2. The van der Waals surface area contributed by atoms with Crippen LogP contribution in [0.1, 0.15) is 18.1 Å². The lowest BCUT2D eigenvalue weighted by Crippen LogP contribution is -2.41. The van der Waals surface area contributed by atoms with Crippen molar-refractivity contribution >= 4 is 17.5 Å². The van der Waals surface area contributed by atoms with E-state index >= 15 is 0 Å². The molecule has 0 spiro atoms. The average Bonchev–Trinajstić information content (AvgIpc) is 3.18. The molecule has 0 aliphatic carbocycles. The first-order valence-electron chi connectivity index (χ1n) is 8.78. The molecule has 1 atom stereocenters. The smallest absolute Gasteiger partial charge is 0.313 e. The van der Waals surface area contributed by atoms with Crippen LogP contribution in [0.15, 0.2) is 61.2 Å². The van der Waals surface area contributed by atoms with Crippen LogP contribution in [0.5, 0.6) is 0 Å². The molecule has 2 aromatic carbocycles. The minimum absolute atomic E-state index is 0.286. The van der Waals surface area contributed by atoms with Gasteiger partial charge in [-0.3, -0.25) is 9.59 Å². The van der Waals surface area contributed by atoms with Gasteiger partial charge in [0, 0.05) is 11.7 Å². The standard InChI is InChI=1S/C20H20FN5O2/c1-14(10-15-6-2-4-8-17(15)21)24-19(27)20(28)25-18-9-5-3-7-16(18)11-26-13-22-12-23-26/h2-9,12-14H,10-11H2,1H3,(H,24,27)(H,25,28)/t14-/m1/s1. The van der Waals surface area contributed by atoms with Crippen LogP contribution in [-0.4, -0.2) is 32.6 Å². The van der Waals surface area contributed by atoms with Crippen molar-refractivity contribution in [2.45, 2.75) is 25.9 Å². The second-order valence-electron chi connectivity index (χ2n) is 6.37. The fraction of sp³-hybridized carbons (Fsp3) is 0.200. The molecular formula is C20H20FN5O2. The number of amides is 2. The molecule has 8 heteroatoms. The van der Waals surface area contributed by atoms with Gasteiger partial charge in [-0.1, -0.05) is 36.4 Å². The SMILES string of the molecule is C[C@H](Cc1ccccc1F)NC(=O)C(=O)Nc1ccccc1Cn1cncn1. The highest BCUT2D eigenvalue weighted by molar-refractivity contribution is 6.39. The Balaban J connectivity index is 1.60. The number of nitrogens with one attached hydrogen (secondary N) is 2. The highest BCUT2D eigenvalue weighted by atomic mass is 19.1. The van der Waals surface area contributed by atoms with Crippen LogP contribution in [-0.2, 0) is 22.6 Å². The summed E-state index contributed by atoms with van der Waals surface area (Å²) in [5.41, 5.74) is 1.78. The zero-order chi connectivity index (χ0) is 19.9. The molecule has 0 unspecified atom stereocenters. The first-order chi connectivity index (χ1) is 13.5. The van der Waals surface area contributed by atoms with Gasteiger partial charge in [0.15, 0.2) is 0 Å². The number of para-hydroxylation sites is 1. The summed E-state index contributed by atoms with van der Waals surface area (Å²) in [5.74, 6) is -1.90. The summed E-state index contributed by atoms with van der Waals surface area (Å²) in [6.45, 7) is 2.12. The van der Waals surface area contributed by atoms with Gasteiger partial charge < -0.3 is 10.6 Å². The molecule has 0 saturated heterocycles. The van der Waals surface area contributed by atoms with E-state index in [4.69, 9.17) is 0 Å². The van der Waals surface area contributed by atoms with Crippen LogP contribution >= 0.6 is 0 Å². The highest BCUT2D eigenvalue weighted by Crippen LogP contribution is 2.16. The van der Waals surface area contributed by atoms with Gasteiger partial charge in [0.1, 0.15) is 18.5 Å². The van der Waals surface area contributed by atoms with Crippen molar-refractivity contribution in [3.05, 3.63) is 78.1 Å². The monoisotopic (exact) mass is 381 g/mol. The third-order valence-corrected chi connectivity index (χ3v) is 4.13. The maximum absolute atomic E-state index is 13.7. The molecule has 0 bridgehead atoms. The molecule has 0 aliphatic heterocycles. The number of aromatic nitrogens is 3. The molecule has 28 heavy (non-hydrogen) atoms. The summed E-state index contributed by atoms with van der Waals surface area (Å²) in [5, 5.41) is 9.25. The van der Waals surface area contributed by atoms with E-state index in [0.717, 1.165) is 5.56 Å². The van der Waals surface area contributed by atoms with E-state index in [9.17, 15) is 14.0 Å². The highest BCUT2D eigenvalue weighted by Gasteiger charge is 2.18. The Labute approximate surface area is 161 Å². The number of carbonyl (C=O) groups excluding carboxylic acids is 2. The van der Waals surface area contributed by atoms with Gasteiger partial charge in [-0.15, -0.1) is 0 Å². The Hall–Kier alpha value is -3.55. The number of rotatable bonds is 6. The molecule has 1 heterocycles. The lowest BCUT2D eigenvalue weighted by Gasteiger charge is -2.15. The summed E-state index contributed by atoms with van der Waals surface area (Å²) in [6.07, 6.45) is 3.27. The number of hydrogen-bond acceptors (Lipinski definition) is 4. The van der Waals surface area contributed by atoms with Gasteiger partial charge in [0.05, 0.1) is 6.54 Å². The number of carbonyl (C=O) groups is 2. The summed E-state index contributed by atoms with van der Waals surface area (Å²) in [4.78, 5) is 28.4. The Morgan fingerprint density at radius 1 is 1.07 bits per heavy atom. The van der Waals surface area contributed by atoms with E-state index in [1.54, 1.807) is 48.3 Å². The molecule has 1 aromatic heterocycles. The second kappa shape index (κ2) is 8.90. The van der Waals surface area contributed by atoms with Crippen molar-refractivity contribution in [2.75, 3.05) is 5.32 Å². The van der Waals surface area contributed by atoms with Crippen molar-refractivity contribution in [1.82, 2.24) is 20.1 Å².